The Morgan fingerprint density at radius 3 is 2.45 bits per heavy atom. The molecule has 5 heterocycles. The zero-order valence-electron chi connectivity index (χ0n) is 26.8. The second-order valence-electron chi connectivity index (χ2n) is 12.6. The van der Waals surface area contributed by atoms with Gasteiger partial charge in [0, 0.05) is 35.9 Å². The number of nitrogens with one attached hydrogen (secondary N) is 1. The number of benzene rings is 1. The van der Waals surface area contributed by atoms with Crippen LogP contribution in [0.25, 0.3) is 33.5 Å². The number of alkyl halides is 3. The third-order valence-corrected chi connectivity index (χ3v) is 9.37. The van der Waals surface area contributed by atoms with Crippen molar-refractivity contribution in [2.24, 2.45) is 0 Å². The van der Waals surface area contributed by atoms with Gasteiger partial charge in [-0.1, -0.05) is 23.4 Å². The molecule has 0 bridgehead atoms. The summed E-state index contributed by atoms with van der Waals surface area (Å²) in [7, 11) is -4.37. The molecule has 1 amide bonds. The van der Waals surface area contributed by atoms with Gasteiger partial charge in [0.1, 0.15) is 17.4 Å². The fourth-order valence-corrected chi connectivity index (χ4v) is 6.88. The van der Waals surface area contributed by atoms with Gasteiger partial charge in [0.25, 0.3) is 10.0 Å². The van der Waals surface area contributed by atoms with Gasteiger partial charge in [0.2, 0.25) is 5.95 Å². The van der Waals surface area contributed by atoms with Crippen LogP contribution in [0, 0.1) is 6.92 Å². The molecule has 17 heteroatoms. The average molecular weight is 700 g/mol. The zero-order valence-corrected chi connectivity index (χ0v) is 27.6. The number of hydrogen-bond donors (Lipinski definition) is 2. The highest BCUT2D eigenvalue weighted by molar-refractivity contribution is 7.90. The van der Waals surface area contributed by atoms with Gasteiger partial charge in [0.05, 0.1) is 40.2 Å². The minimum Gasteiger partial charge on any atom is -0.444 e. The van der Waals surface area contributed by atoms with Gasteiger partial charge >= 0.3 is 12.3 Å². The van der Waals surface area contributed by atoms with E-state index in [-0.39, 0.29) is 52.6 Å². The van der Waals surface area contributed by atoms with Crippen LogP contribution in [0.1, 0.15) is 38.4 Å². The lowest BCUT2D eigenvalue weighted by Gasteiger charge is -2.36. The summed E-state index contributed by atoms with van der Waals surface area (Å²) >= 11 is 0. The van der Waals surface area contributed by atoms with Gasteiger partial charge in [-0.05, 0) is 58.4 Å². The molecule has 1 saturated heterocycles. The van der Waals surface area contributed by atoms with Crippen LogP contribution in [0.3, 0.4) is 0 Å². The van der Waals surface area contributed by atoms with Crippen molar-refractivity contribution in [2.75, 3.05) is 18.4 Å². The lowest BCUT2D eigenvalue weighted by molar-refractivity contribution is -0.137. The number of halogens is 3. The fraction of sp³-hybridized carbons (Fsp3) is 0.344. The topological polar surface area (TPSA) is 166 Å². The first-order valence-corrected chi connectivity index (χ1v) is 16.6. The van der Waals surface area contributed by atoms with Gasteiger partial charge in [-0.3, -0.25) is 0 Å². The van der Waals surface area contributed by atoms with Crippen LogP contribution in [0.5, 0.6) is 0 Å². The third kappa shape index (κ3) is 6.94. The summed E-state index contributed by atoms with van der Waals surface area (Å²) in [5.41, 5.74) is -1.71. The van der Waals surface area contributed by atoms with E-state index in [0.29, 0.717) is 17.5 Å². The largest absolute Gasteiger partial charge is 0.444 e. The second-order valence-corrected chi connectivity index (χ2v) is 14.4. The van der Waals surface area contributed by atoms with Crippen LogP contribution in [0.2, 0.25) is 0 Å². The number of pyridine rings is 1. The van der Waals surface area contributed by atoms with E-state index in [4.69, 9.17) is 9.26 Å². The van der Waals surface area contributed by atoms with Crippen LogP contribution >= 0.6 is 0 Å². The second kappa shape index (κ2) is 12.5. The first-order valence-electron chi connectivity index (χ1n) is 15.1. The number of ether oxygens (including phenoxy) is 1. The number of aromatic nitrogens is 5. The summed E-state index contributed by atoms with van der Waals surface area (Å²) in [6, 6.07) is 9.73. The highest BCUT2D eigenvalue weighted by atomic mass is 32.2. The molecule has 0 saturated carbocycles. The number of aliphatic hydroxyl groups is 1. The van der Waals surface area contributed by atoms with E-state index in [1.165, 1.54) is 47.6 Å². The van der Waals surface area contributed by atoms with Crippen molar-refractivity contribution >= 4 is 33.1 Å². The third-order valence-electron chi connectivity index (χ3n) is 7.71. The number of likely N-dealkylation sites (tertiary alicyclic amines) is 1. The summed E-state index contributed by atoms with van der Waals surface area (Å²) in [5.74, 6) is -0.234. The van der Waals surface area contributed by atoms with Gasteiger partial charge in [-0.15, -0.1) is 0 Å². The Hall–Kier alpha value is -5.03. The molecule has 0 spiro atoms. The number of β-amino-alcohol motifs (C(OH)–C–C–N with tert-alkyl or cyclic N) is 1. The molecule has 258 valence electrons. The lowest BCUT2D eigenvalue weighted by Crippen LogP contribution is -2.52. The standard InChI is InChI=1S/C32H32F3N7O6S/c1-18-24(17-47-40-18)26-11-10-22-23(16-42(28(22)38-26)49(45,46)21-8-6-5-7-9-21)27-25(32(33,34)35)13-36-29(39-27)37-19-12-20(43)15-41(14-19)30(44)48-31(2,3)4/h5-11,13,16-17,19-20,43H,12,14-15H2,1-4H3,(H,36,37,39)/t19-,20+/m0/s1. The van der Waals surface area contributed by atoms with Crippen molar-refractivity contribution in [3.05, 3.63) is 72.4 Å². The summed E-state index contributed by atoms with van der Waals surface area (Å²) in [5, 5.41) is 17.3. The number of aliphatic hydroxyl groups excluding tert-OH is 1. The predicted molar refractivity (Wildman–Crippen MR) is 171 cm³/mol. The molecule has 6 rings (SSSR count). The SMILES string of the molecule is Cc1nocc1-c1ccc2c(-c3nc(N[C@H]4C[C@@H](O)CN(C(=O)OC(C)(C)C)C4)ncc3C(F)(F)F)cn(S(=O)(=O)c3ccccc3)c2n1. The van der Waals surface area contributed by atoms with Crippen LogP contribution in [0.15, 0.2) is 70.5 Å². The first-order chi connectivity index (χ1) is 23.0. The number of anilines is 1. The van der Waals surface area contributed by atoms with E-state index in [2.05, 4.69) is 25.4 Å². The van der Waals surface area contributed by atoms with Crippen LogP contribution in [0.4, 0.5) is 23.9 Å². The van der Waals surface area contributed by atoms with Crippen molar-refractivity contribution in [3.63, 3.8) is 0 Å². The Kier molecular flexibility index (Phi) is 8.60. The number of rotatable bonds is 6. The number of piperidine rings is 1. The molecule has 4 aromatic heterocycles. The van der Waals surface area contributed by atoms with E-state index in [1.54, 1.807) is 33.8 Å². The van der Waals surface area contributed by atoms with Gasteiger partial charge in [-0.2, -0.15) is 13.2 Å². The molecule has 2 N–H and O–H groups in total. The minimum absolute atomic E-state index is 0.00496. The van der Waals surface area contributed by atoms with Crippen molar-refractivity contribution in [1.29, 1.82) is 0 Å². The highest BCUT2D eigenvalue weighted by Crippen LogP contribution is 2.40. The number of amides is 1. The number of hydrogen-bond acceptors (Lipinski definition) is 11. The molecule has 13 nitrogen and oxygen atoms in total. The Morgan fingerprint density at radius 1 is 1.06 bits per heavy atom. The molecule has 0 radical (unpaired) electrons. The molecule has 0 unspecified atom stereocenters. The highest BCUT2D eigenvalue weighted by Gasteiger charge is 2.38. The fourth-order valence-electron chi connectivity index (χ4n) is 5.54. The molecule has 5 aromatic rings. The van der Waals surface area contributed by atoms with Crippen molar-refractivity contribution in [3.8, 4) is 22.5 Å². The normalized spacial score (nSPS) is 17.3. The van der Waals surface area contributed by atoms with Crippen molar-refractivity contribution in [1.82, 2.24) is 29.0 Å². The Morgan fingerprint density at radius 2 is 1.80 bits per heavy atom. The van der Waals surface area contributed by atoms with E-state index in [0.717, 1.165) is 10.2 Å². The number of fused-ring (bicyclic) bond motifs is 1. The number of carbonyl (C=O) groups is 1. The minimum atomic E-state index is -4.93. The van der Waals surface area contributed by atoms with Gasteiger partial charge in [0.15, 0.2) is 5.65 Å². The molecule has 49 heavy (non-hydrogen) atoms. The van der Waals surface area contributed by atoms with Gasteiger partial charge in [-0.25, -0.2) is 32.1 Å². The molecule has 1 fully saturated rings. The van der Waals surface area contributed by atoms with Crippen LogP contribution < -0.4 is 5.32 Å². The molecule has 1 aliphatic rings. The maximum absolute atomic E-state index is 14.5. The van der Waals surface area contributed by atoms with Gasteiger partial charge < -0.3 is 24.6 Å². The predicted octanol–water partition coefficient (Wildman–Crippen LogP) is 5.49. The smallest absolute Gasteiger partial charge is 0.419 e. The molecule has 2 atom stereocenters. The maximum Gasteiger partial charge on any atom is 0.419 e. The van der Waals surface area contributed by atoms with E-state index >= 15 is 0 Å². The van der Waals surface area contributed by atoms with Crippen LogP contribution in [-0.2, 0) is 20.9 Å². The summed E-state index contributed by atoms with van der Waals surface area (Å²) in [6.45, 7) is 6.82. The lowest BCUT2D eigenvalue weighted by atomic mass is 10.0. The van der Waals surface area contributed by atoms with Crippen molar-refractivity contribution < 1.29 is 40.8 Å². The summed E-state index contributed by atoms with van der Waals surface area (Å²) < 4.78 is 82.6. The number of nitrogens with zero attached hydrogens (tertiary/aromatic N) is 6. The average Bonchev–Trinajstić information content (AvgIpc) is 3.63. The quantitative estimate of drug-likeness (QED) is 0.230. The maximum atomic E-state index is 14.5. The monoisotopic (exact) mass is 699 g/mol. The Balaban J connectivity index is 1.47. The number of carbonyl (C=O) groups excluding carboxylic acids is 1. The molecule has 0 aliphatic carbocycles. The van der Waals surface area contributed by atoms with E-state index in [1.807, 2.05) is 0 Å². The molecular formula is C32H32F3N7O6S. The van der Waals surface area contributed by atoms with E-state index in [9.17, 15) is 31.5 Å². The Labute approximate surface area is 278 Å². The summed E-state index contributed by atoms with van der Waals surface area (Å²) in [6.07, 6.45) is -3.41. The number of aryl methyl sites for hydroxylation is 1. The molecule has 1 aliphatic heterocycles. The first kappa shape index (κ1) is 33.9. The zero-order chi connectivity index (χ0) is 35.3. The summed E-state index contributed by atoms with van der Waals surface area (Å²) in [4.78, 5) is 26.6. The molecular weight excluding hydrogens is 667 g/mol. The van der Waals surface area contributed by atoms with E-state index < -0.39 is 51.3 Å². The van der Waals surface area contributed by atoms with Crippen molar-refractivity contribution in [2.45, 2.75) is 62.9 Å². The Bertz CT molecular complexity index is 2130. The molecule has 1 aromatic carbocycles. The van der Waals surface area contributed by atoms with Crippen LogP contribution in [-0.4, -0.2) is 79.4 Å².